The van der Waals surface area contributed by atoms with Gasteiger partial charge >= 0.3 is 0 Å². The first-order chi connectivity index (χ1) is 16.8. The molecule has 1 unspecified atom stereocenters. The predicted molar refractivity (Wildman–Crippen MR) is 141 cm³/mol. The molecule has 0 fully saturated rings. The number of aromatic hydroxyl groups is 1. The second kappa shape index (κ2) is 11.2. The lowest BCUT2D eigenvalue weighted by atomic mass is 10.1. The van der Waals surface area contributed by atoms with Crippen LogP contribution >= 0.6 is 46.4 Å². The summed E-state index contributed by atoms with van der Waals surface area (Å²) in [5.74, 6) is -1.92. The Hall–Kier alpha value is -2.56. The number of phenolic OH excluding ortho intramolecular Hbond substituents is 1. The maximum atomic E-state index is 13.0. The van der Waals surface area contributed by atoms with Crippen LogP contribution in [0.1, 0.15) is 29.3 Å². The first-order valence-corrected chi connectivity index (χ1v) is 13.4. The Balaban J connectivity index is 1.83. The summed E-state index contributed by atoms with van der Waals surface area (Å²) in [5.41, 5.74) is 0.938. The number of carbonyl (C=O) groups excluding carboxylic acids is 2. The normalized spacial score (nSPS) is 12.2. The van der Waals surface area contributed by atoms with Crippen LogP contribution in [0.15, 0.2) is 47.6 Å². The van der Waals surface area contributed by atoms with Gasteiger partial charge in [0.1, 0.15) is 11.0 Å². The molecule has 0 radical (unpaired) electrons. The summed E-state index contributed by atoms with van der Waals surface area (Å²) in [5, 5.41) is 13.6. The Bertz CT molecular complexity index is 1460. The van der Waals surface area contributed by atoms with Gasteiger partial charge in [-0.3, -0.25) is 9.59 Å². The van der Waals surface area contributed by atoms with Gasteiger partial charge < -0.3 is 15.7 Å². The molecule has 0 saturated carbocycles. The van der Waals surface area contributed by atoms with Crippen molar-refractivity contribution in [2.45, 2.75) is 30.5 Å². The van der Waals surface area contributed by atoms with Crippen molar-refractivity contribution in [3.05, 3.63) is 73.8 Å². The van der Waals surface area contributed by atoms with Crippen molar-refractivity contribution >= 4 is 79.4 Å². The molecule has 1 atom stereocenters. The molecule has 13 heteroatoms. The summed E-state index contributed by atoms with van der Waals surface area (Å²) >= 11 is 24.1. The number of aromatic nitrogens is 1. The highest BCUT2D eigenvalue weighted by molar-refractivity contribution is 7.92. The largest absolute Gasteiger partial charge is 0.506 e. The summed E-state index contributed by atoms with van der Waals surface area (Å²) in [6.07, 6.45) is 0.984. The molecular weight excluding hydrogens is 572 g/mol. The molecule has 0 aliphatic rings. The summed E-state index contributed by atoms with van der Waals surface area (Å²) in [4.78, 5) is 29.2. The van der Waals surface area contributed by atoms with Gasteiger partial charge in [-0.2, -0.15) is 0 Å². The number of carbonyl (C=O) groups is 2. The first-order valence-electron chi connectivity index (χ1n) is 10.3. The summed E-state index contributed by atoms with van der Waals surface area (Å²) in [6.45, 7) is 3.33. The molecule has 190 valence electrons. The molecule has 0 aliphatic heterocycles. The number of hydrogen-bond donors (Lipinski definition) is 3. The van der Waals surface area contributed by atoms with E-state index in [-0.39, 0.29) is 43.4 Å². The second-order valence-electron chi connectivity index (χ2n) is 7.65. The Kier molecular flexibility index (Phi) is 8.74. The number of phenols is 1. The van der Waals surface area contributed by atoms with Gasteiger partial charge in [-0.15, -0.1) is 0 Å². The number of amides is 2. The molecule has 0 spiro atoms. The van der Waals surface area contributed by atoms with E-state index in [9.17, 15) is 23.1 Å². The van der Waals surface area contributed by atoms with Crippen LogP contribution in [0, 0.1) is 6.92 Å². The molecule has 36 heavy (non-hydrogen) atoms. The molecule has 3 rings (SSSR count). The minimum Gasteiger partial charge on any atom is -0.506 e. The fraction of sp³-hybridized carbons (Fsp3) is 0.174. The lowest BCUT2D eigenvalue weighted by Crippen LogP contribution is -2.35. The van der Waals surface area contributed by atoms with Crippen LogP contribution in [-0.2, 0) is 14.6 Å². The highest BCUT2D eigenvalue weighted by Gasteiger charge is 2.34. The van der Waals surface area contributed by atoms with Crippen molar-refractivity contribution in [2.75, 3.05) is 10.6 Å². The third-order valence-electron chi connectivity index (χ3n) is 5.07. The molecule has 8 nitrogen and oxygen atoms in total. The quantitative estimate of drug-likeness (QED) is 0.283. The number of nitrogens with zero attached hydrogens (tertiary/aromatic N) is 1. The lowest BCUT2D eigenvalue weighted by molar-refractivity contribution is -0.115. The molecule has 3 N–H and O–H groups in total. The van der Waals surface area contributed by atoms with Crippen molar-refractivity contribution in [1.29, 1.82) is 0 Å². The summed E-state index contributed by atoms with van der Waals surface area (Å²) in [6, 6.07) is 8.22. The smallest absolute Gasteiger partial charge is 0.257 e. The fourth-order valence-corrected chi connectivity index (χ4v) is 5.61. The minimum atomic E-state index is -4.24. The summed E-state index contributed by atoms with van der Waals surface area (Å²) < 4.78 is 26.0. The molecule has 1 heterocycles. The Morgan fingerprint density at radius 3 is 2.25 bits per heavy atom. The standard InChI is InChI=1S/C23H19Cl4N3O5S/c1-3-20(36(34,35)21-8-14(25)16(27)10-28-21)23(33)29-17-9-19(31)18(7-15(17)26)30-22(32)12-5-4-11(2)6-13(12)24/h4-10,20,31H,3H2,1-2H3,(H,29,33)(H,30,32). The number of anilines is 2. The molecule has 1 aromatic heterocycles. The van der Waals surface area contributed by atoms with Crippen LogP contribution in [0.3, 0.4) is 0 Å². The van der Waals surface area contributed by atoms with Gasteiger partial charge in [-0.05, 0) is 43.2 Å². The zero-order valence-corrected chi connectivity index (χ0v) is 22.6. The first kappa shape index (κ1) is 28.0. The van der Waals surface area contributed by atoms with Crippen LogP contribution in [0.5, 0.6) is 5.75 Å². The van der Waals surface area contributed by atoms with Gasteiger partial charge in [-0.1, -0.05) is 59.4 Å². The van der Waals surface area contributed by atoms with Crippen LogP contribution in [0.25, 0.3) is 0 Å². The van der Waals surface area contributed by atoms with E-state index in [1.165, 1.54) is 19.1 Å². The highest BCUT2D eigenvalue weighted by Crippen LogP contribution is 2.35. The van der Waals surface area contributed by atoms with E-state index in [0.717, 1.165) is 23.9 Å². The zero-order chi connectivity index (χ0) is 26.8. The minimum absolute atomic E-state index is 0.0296. The number of rotatable bonds is 7. The maximum Gasteiger partial charge on any atom is 0.257 e. The van der Waals surface area contributed by atoms with Gasteiger partial charge in [0, 0.05) is 12.3 Å². The van der Waals surface area contributed by atoms with E-state index < -0.39 is 37.7 Å². The van der Waals surface area contributed by atoms with Crippen molar-refractivity contribution in [1.82, 2.24) is 4.98 Å². The van der Waals surface area contributed by atoms with Crippen LogP contribution < -0.4 is 10.6 Å². The third kappa shape index (κ3) is 6.04. The lowest BCUT2D eigenvalue weighted by Gasteiger charge is -2.17. The number of benzene rings is 2. The Morgan fingerprint density at radius 1 is 0.944 bits per heavy atom. The number of aryl methyl sites for hydroxylation is 1. The van der Waals surface area contributed by atoms with E-state index in [0.29, 0.717) is 0 Å². The van der Waals surface area contributed by atoms with Crippen molar-refractivity contribution in [3.63, 3.8) is 0 Å². The summed E-state index contributed by atoms with van der Waals surface area (Å²) in [7, 11) is -4.24. The third-order valence-corrected chi connectivity index (χ3v) is 8.51. The van der Waals surface area contributed by atoms with Gasteiger partial charge in [0.25, 0.3) is 5.91 Å². The van der Waals surface area contributed by atoms with E-state index in [1.807, 2.05) is 6.92 Å². The van der Waals surface area contributed by atoms with E-state index in [1.54, 1.807) is 12.1 Å². The second-order valence-corrected chi connectivity index (χ2v) is 11.4. The monoisotopic (exact) mass is 589 g/mol. The molecule has 0 saturated heterocycles. The maximum absolute atomic E-state index is 13.0. The van der Waals surface area contributed by atoms with E-state index in [2.05, 4.69) is 15.6 Å². The SMILES string of the molecule is CCC(C(=O)Nc1cc(O)c(NC(=O)c2ccc(C)cc2Cl)cc1Cl)S(=O)(=O)c1cc(Cl)c(Cl)cn1. The van der Waals surface area contributed by atoms with E-state index in [4.69, 9.17) is 46.4 Å². The molecule has 3 aromatic rings. The topological polar surface area (TPSA) is 125 Å². The van der Waals surface area contributed by atoms with Crippen LogP contribution in [-0.4, -0.2) is 35.6 Å². The van der Waals surface area contributed by atoms with Crippen LogP contribution in [0.4, 0.5) is 11.4 Å². The molecule has 2 amide bonds. The molecule has 0 aliphatic carbocycles. The number of sulfone groups is 1. The van der Waals surface area contributed by atoms with Crippen molar-refractivity contribution < 1.29 is 23.1 Å². The molecule has 0 bridgehead atoms. The highest BCUT2D eigenvalue weighted by atomic mass is 35.5. The number of pyridine rings is 1. The molecular formula is C23H19Cl4N3O5S. The average molecular weight is 591 g/mol. The van der Waals surface area contributed by atoms with Gasteiger partial charge in [0.2, 0.25) is 15.7 Å². The Morgan fingerprint density at radius 2 is 1.64 bits per heavy atom. The predicted octanol–water partition coefficient (Wildman–Crippen LogP) is 6.15. The fourth-order valence-electron chi connectivity index (χ4n) is 3.21. The van der Waals surface area contributed by atoms with Crippen LogP contribution in [0.2, 0.25) is 20.1 Å². The zero-order valence-electron chi connectivity index (χ0n) is 18.8. The molecule has 2 aromatic carbocycles. The average Bonchev–Trinajstić information content (AvgIpc) is 2.79. The number of nitrogens with one attached hydrogen (secondary N) is 2. The van der Waals surface area contributed by atoms with Crippen molar-refractivity contribution in [2.24, 2.45) is 0 Å². The van der Waals surface area contributed by atoms with Gasteiger partial charge in [-0.25, -0.2) is 13.4 Å². The van der Waals surface area contributed by atoms with Gasteiger partial charge in [0.05, 0.1) is 37.0 Å². The van der Waals surface area contributed by atoms with Crippen molar-refractivity contribution in [3.8, 4) is 5.75 Å². The number of halogens is 4. The van der Waals surface area contributed by atoms with Gasteiger partial charge in [0.15, 0.2) is 5.03 Å². The van der Waals surface area contributed by atoms with E-state index >= 15 is 0 Å². The Labute approximate surface area is 227 Å². The number of hydrogen-bond acceptors (Lipinski definition) is 6.